The molecule has 2 rings (SSSR count). The molecule has 0 spiro atoms. The Balaban J connectivity index is 2.11. The van der Waals surface area contributed by atoms with E-state index in [1.54, 1.807) is 0 Å². The Hall–Kier alpha value is -2.07. The summed E-state index contributed by atoms with van der Waals surface area (Å²) in [4.78, 5) is 14.5. The highest BCUT2D eigenvalue weighted by Crippen LogP contribution is 2.20. The van der Waals surface area contributed by atoms with Crippen molar-refractivity contribution in [3.63, 3.8) is 0 Å². The lowest BCUT2D eigenvalue weighted by atomic mass is 10.2. The van der Waals surface area contributed by atoms with Crippen molar-refractivity contribution < 1.29 is 4.79 Å². The summed E-state index contributed by atoms with van der Waals surface area (Å²) >= 11 is 0. The van der Waals surface area contributed by atoms with Gasteiger partial charge in [0.2, 0.25) is 0 Å². The highest BCUT2D eigenvalue weighted by atomic mass is 16.1. The molecule has 0 saturated heterocycles. The van der Waals surface area contributed by atoms with Gasteiger partial charge in [-0.2, -0.15) is 0 Å². The lowest BCUT2D eigenvalue weighted by molar-refractivity contribution is 0.0951. The number of carbonyl (C=O) groups is 1. The molecule has 0 saturated carbocycles. The van der Waals surface area contributed by atoms with Crippen LogP contribution in [0.5, 0.6) is 0 Å². The zero-order valence-electron chi connectivity index (χ0n) is 13.9. The zero-order valence-corrected chi connectivity index (χ0v) is 13.9. The Morgan fingerprint density at radius 2 is 1.86 bits per heavy atom. The molecule has 22 heavy (non-hydrogen) atoms. The second kappa shape index (κ2) is 7.27. The van der Waals surface area contributed by atoms with Crippen LogP contribution in [-0.2, 0) is 0 Å². The van der Waals surface area contributed by atoms with Crippen molar-refractivity contribution >= 4 is 5.91 Å². The first-order valence-electron chi connectivity index (χ1n) is 7.68. The molecule has 0 aliphatic heterocycles. The van der Waals surface area contributed by atoms with Crippen LogP contribution in [0.1, 0.15) is 28.2 Å². The molecule has 1 N–H and O–H groups in total. The van der Waals surface area contributed by atoms with Crippen LogP contribution in [0.2, 0.25) is 0 Å². The van der Waals surface area contributed by atoms with Crippen molar-refractivity contribution in [3.8, 4) is 5.69 Å². The minimum Gasteiger partial charge on any atom is -0.352 e. The van der Waals surface area contributed by atoms with Crippen LogP contribution in [0.4, 0.5) is 0 Å². The molecule has 4 nitrogen and oxygen atoms in total. The molecule has 0 radical (unpaired) electrons. The Morgan fingerprint density at radius 1 is 1.18 bits per heavy atom. The number of rotatable bonds is 6. The van der Waals surface area contributed by atoms with Gasteiger partial charge in [-0.05, 0) is 59.1 Å². The molecule has 0 atom stereocenters. The zero-order chi connectivity index (χ0) is 16.1. The van der Waals surface area contributed by atoms with Crippen LogP contribution in [-0.4, -0.2) is 42.6 Å². The SMILES string of the molecule is Cc1cc(C(=O)NCCCN(C)C)c(C)n1-c1ccccc1. The average Bonchev–Trinajstić information content (AvgIpc) is 2.79. The minimum absolute atomic E-state index is 0.00837. The van der Waals surface area contributed by atoms with Crippen molar-refractivity contribution in [2.24, 2.45) is 0 Å². The van der Waals surface area contributed by atoms with Crippen LogP contribution in [0, 0.1) is 13.8 Å². The largest absolute Gasteiger partial charge is 0.352 e. The molecule has 0 aliphatic carbocycles. The van der Waals surface area contributed by atoms with E-state index in [0.717, 1.165) is 35.6 Å². The molecular formula is C18H25N3O. The number of hydrogen-bond donors (Lipinski definition) is 1. The summed E-state index contributed by atoms with van der Waals surface area (Å²) < 4.78 is 2.12. The summed E-state index contributed by atoms with van der Waals surface area (Å²) in [6.45, 7) is 5.70. The third-order valence-electron chi connectivity index (χ3n) is 3.76. The van der Waals surface area contributed by atoms with E-state index in [2.05, 4.69) is 26.9 Å². The molecule has 0 unspecified atom stereocenters. The molecule has 4 heteroatoms. The summed E-state index contributed by atoms with van der Waals surface area (Å²) in [5.41, 5.74) is 3.89. The molecule has 0 aliphatic rings. The van der Waals surface area contributed by atoms with E-state index < -0.39 is 0 Å². The highest BCUT2D eigenvalue weighted by Gasteiger charge is 2.16. The summed E-state index contributed by atoms with van der Waals surface area (Å²) in [5, 5.41) is 3.01. The van der Waals surface area contributed by atoms with E-state index in [1.165, 1.54) is 0 Å². The lowest BCUT2D eigenvalue weighted by Crippen LogP contribution is -2.27. The summed E-state index contributed by atoms with van der Waals surface area (Å²) in [7, 11) is 4.07. The topological polar surface area (TPSA) is 37.3 Å². The summed E-state index contributed by atoms with van der Waals surface area (Å²) in [5.74, 6) is 0.00837. The molecular weight excluding hydrogens is 274 g/mol. The van der Waals surface area contributed by atoms with Gasteiger partial charge < -0.3 is 14.8 Å². The molecule has 1 aromatic heterocycles. The molecule has 0 fully saturated rings. The Bertz CT molecular complexity index is 629. The van der Waals surface area contributed by atoms with Crippen LogP contribution in [0.25, 0.3) is 5.69 Å². The fourth-order valence-electron chi connectivity index (χ4n) is 2.66. The maximum atomic E-state index is 12.4. The number of aromatic nitrogens is 1. The average molecular weight is 299 g/mol. The van der Waals surface area contributed by atoms with E-state index in [-0.39, 0.29) is 5.91 Å². The van der Waals surface area contributed by atoms with Gasteiger partial charge in [0, 0.05) is 23.6 Å². The Kier molecular flexibility index (Phi) is 5.39. The van der Waals surface area contributed by atoms with Gasteiger partial charge in [0.1, 0.15) is 0 Å². The summed E-state index contributed by atoms with van der Waals surface area (Å²) in [6.07, 6.45) is 0.955. The first-order valence-corrected chi connectivity index (χ1v) is 7.68. The first kappa shape index (κ1) is 16.3. The maximum Gasteiger partial charge on any atom is 0.253 e. The monoisotopic (exact) mass is 299 g/mol. The number of nitrogens with one attached hydrogen (secondary N) is 1. The lowest BCUT2D eigenvalue weighted by Gasteiger charge is -2.11. The second-order valence-electron chi connectivity index (χ2n) is 5.87. The number of amides is 1. The third kappa shape index (κ3) is 3.77. The van der Waals surface area contributed by atoms with Crippen molar-refractivity contribution in [1.82, 2.24) is 14.8 Å². The molecule has 118 valence electrons. The second-order valence-corrected chi connectivity index (χ2v) is 5.87. The number of hydrogen-bond acceptors (Lipinski definition) is 2. The van der Waals surface area contributed by atoms with Gasteiger partial charge in [-0.15, -0.1) is 0 Å². The van der Waals surface area contributed by atoms with Gasteiger partial charge in [-0.25, -0.2) is 0 Å². The van der Waals surface area contributed by atoms with Crippen LogP contribution in [0.15, 0.2) is 36.4 Å². The number of nitrogens with zero attached hydrogens (tertiary/aromatic N) is 2. The van der Waals surface area contributed by atoms with Crippen molar-refractivity contribution in [2.45, 2.75) is 20.3 Å². The van der Waals surface area contributed by atoms with Crippen LogP contribution in [0.3, 0.4) is 0 Å². The number of aryl methyl sites for hydroxylation is 1. The van der Waals surface area contributed by atoms with Gasteiger partial charge in [-0.3, -0.25) is 4.79 Å². The van der Waals surface area contributed by atoms with Crippen molar-refractivity contribution in [3.05, 3.63) is 53.3 Å². The fraction of sp³-hybridized carbons (Fsp3) is 0.389. The summed E-state index contributed by atoms with van der Waals surface area (Å²) in [6, 6.07) is 12.1. The van der Waals surface area contributed by atoms with Gasteiger partial charge in [0.25, 0.3) is 5.91 Å². The Labute approximate surface area is 132 Å². The predicted molar refractivity (Wildman–Crippen MR) is 90.7 cm³/mol. The number of benzene rings is 1. The Morgan fingerprint density at radius 3 is 2.50 bits per heavy atom. The molecule has 2 aromatic rings. The van der Waals surface area contributed by atoms with Gasteiger partial charge >= 0.3 is 0 Å². The van der Waals surface area contributed by atoms with E-state index >= 15 is 0 Å². The fourth-order valence-corrected chi connectivity index (χ4v) is 2.66. The van der Waals surface area contributed by atoms with E-state index in [4.69, 9.17) is 0 Å². The molecule has 1 aromatic carbocycles. The van der Waals surface area contributed by atoms with Crippen molar-refractivity contribution in [2.75, 3.05) is 27.2 Å². The van der Waals surface area contributed by atoms with E-state index in [9.17, 15) is 4.79 Å². The number of para-hydroxylation sites is 1. The van der Waals surface area contributed by atoms with Crippen LogP contribution >= 0.6 is 0 Å². The standard InChI is InChI=1S/C18H25N3O/c1-14-13-17(18(22)19-11-8-12-20(3)4)15(2)21(14)16-9-6-5-7-10-16/h5-7,9-10,13H,8,11-12H2,1-4H3,(H,19,22). The normalized spacial score (nSPS) is 11.0. The minimum atomic E-state index is 0.00837. The van der Waals surface area contributed by atoms with E-state index in [0.29, 0.717) is 6.54 Å². The van der Waals surface area contributed by atoms with E-state index in [1.807, 2.05) is 52.2 Å². The number of carbonyl (C=O) groups excluding carboxylic acids is 1. The maximum absolute atomic E-state index is 12.4. The van der Waals surface area contributed by atoms with Crippen molar-refractivity contribution in [1.29, 1.82) is 0 Å². The molecule has 0 bridgehead atoms. The van der Waals surface area contributed by atoms with Gasteiger partial charge in [0.15, 0.2) is 0 Å². The van der Waals surface area contributed by atoms with Gasteiger partial charge in [-0.1, -0.05) is 18.2 Å². The molecule has 1 heterocycles. The predicted octanol–water partition coefficient (Wildman–Crippen LogP) is 2.78. The quantitative estimate of drug-likeness (QED) is 0.833. The van der Waals surface area contributed by atoms with Crippen LogP contribution < -0.4 is 5.32 Å². The highest BCUT2D eigenvalue weighted by molar-refractivity contribution is 5.95. The third-order valence-corrected chi connectivity index (χ3v) is 3.76. The van der Waals surface area contributed by atoms with Gasteiger partial charge in [0.05, 0.1) is 5.56 Å². The molecule has 1 amide bonds. The first-order chi connectivity index (χ1) is 10.5. The smallest absolute Gasteiger partial charge is 0.253 e.